The molecule has 2 amide bonds. The van der Waals surface area contributed by atoms with Crippen molar-refractivity contribution < 1.29 is 14.5 Å². The summed E-state index contributed by atoms with van der Waals surface area (Å²) in [5.41, 5.74) is 0.149. The van der Waals surface area contributed by atoms with Gasteiger partial charge in [0.25, 0.3) is 17.5 Å². The maximum absolute atomic E-state index is 12.0. The molecule has 1 aromatic rings. The van der Waals surface area contributed by atoms with Crippen molar-refractivity contribution in [2.75, 3.05) is 19.6 Å². The third-order valence-corrected chi connectivity index (χ3v) is 2.93. The summed E-state index contributed by atoms with van der Waals surface area (Å²) >= 11 is 0. The predicted octanol–water partition coefficient (Wildman–Crippen LogP) is 0.800. The second kappa shape index (κ2) is 5.15. The number of carbonyl (C=O) groups is 2. The van der Waals surface area contributed by atoms with E-state index in [4.69, 9.17) is 0 Å². The number of likely N-dealkylation sites (N-methyl/N-ethyl adjacent to an activating group) is 1. The van der Waals surface area contributed by atoms with Crippen LogP contribution in [0.5, 0.6) is 0 Å². The minimum atomic E-state index is -0.584. The van der Waals surface area contributed by atoms with Crippen LogP contribution in [0.3, 0.4) is 0 Å². The Kier molecular flexibility index (Phi) is 3.57. The van der Waals surface area contributed by atoms with Crippen LogP contribution in [0.25, 0.3) is 0 Å². The van der Waals surface area contributed by atoms with Crippen molar-refractivity contribution in [3.05, 3.63) is 39.4 Å². The lowest BCUT2D eigenvalue weighted by Gasteiger charge is -2.13. The number of nitrogens with one attached hydrogen (secondary N) is 1. The lowest BCUT2D eigenvalue weighted by Crippen LogP contribution is -2.36. The molecule has 0 spiro atoms. The van der Waals surface area contributed by atoms with E-state index in [9.17, 15) is 19.7 Å². The van der Waals surface area contributed by atoms with E-state index in [1.54, 1.807) is 0 Å². The number of nitro benzene ring substituents is 1. The molecule has 0 unspecified atom stereocenters. The maximum atomic E-state index is 12.0. The molecule has 0 saturated heterocycles. The number of non-ortho nitro benzene ring substituents is 1. The van der Waals surface area contributed by atoms with Crippen LogP contribution in [-0.4, -0.2) is 41.3 Å². The second-order valence-corrected chi connectivity index (χ2v) is 4.10. The summed E-state index contributed by atoms with van der Waals surface area (Å²) in [6.45, 7) is 3.43. The van der Waals surface area contributed by atoms with E-state index in [0.29, 0.717) is 6.54 Å². The zero-order valence-electron chi connectivity index (χ0n) is 10.4. The Balaban J connectivity index is 2.26. The summed E-state index contributed by atoms with van der Waals surface area (Å²) in [5, 5.41) is 13.7. The minimum Gasteiger partial charge on any atom is -0.315 e. The third-order valence-electron chi connectivity index (χ3n) is 2.93. The molecule has 100 valence electrons. The Morgan fingerprint density at radius 2 is 1.95 bits per heavy atom. The molecular weight excluding hydrogens is 250 g/mol. The first-order valence-electron chi connectivity index (χ1n) is 5.91. The van der Waals surface area contributed by atoms with Crippen LogP contribution in [-0.2, 0) is 0 Å². The molecule has 2 rings (SSSR count). The number of rotatable bonds is 5. The highest BCUT2D eigenvalue weighted by molar-refractivity contribution is 6.21. The highest BCUT2D eigenvalue weighted by Gasteiger charge is 2.36. The Bertz CT molecular complexity index is 556. The molecule has 0 saturated carbocycles. The molecular formula is C12H13N3O4. The van der Waals surface area contributed by atoms with Crippen molar-refractivity contribution in [2.45, 2.75) is 6.92 Å². The lowest BCUT2D eigenvalue weighted by molar-refractivity contribution is -0.384. The molecule has 7 heteroatoms. The number of nitro groups is 1. The summed E-state index contributed by atoms with van der Waals surface area (Å²) in [4.78, 5) is 35.2. The van der Waals surface area contributed by atoms with Crippen LogP contribution in [0.2, 0.25) is 0 Å². The van der Waals surface area contributed by atoms with Gasteiger partial charge >= 0.3 is 0 Å². The molecule has 0 radical (unpaired) electrons. The van der Waals surface area contributed by atoms with Gasteiger partial charge in [-0.3, -0.25) is 24.6 Å². The summed E-state index contributed by atoms with van der Waals surface area (Å²) in [7, 11) is 0. The number of amides is 2. The first kappa shape index (κ1) is 13.2. The van der Waals surface area contributed by atoms with Crippen molar-refractivity contribution in [3.8, 4) is 0 Å². The summed E-state index contributed by atoms with van der Waals surface area (Å²) in [5.74, 6) is -0.866. The third kappa shape index (κ3) is 2.32. The molecule has 1 aromatic carbocycles. The first-order chi connectivity index (χ1) is 9.06. The van der Waals surface area contributed by atoms with Crippen molar-refractivity contribution in [1.29, 1.82) is 0 Å². The maximum Gasteiger partial charge on any atom is 0.270 e. The van der Waals surface area contributed by atoms with E-state index in [1.165, 1.54) is 12.1 Å². The van der Waals surface area contributed by atoms with Gasteiger partial charge < -0.3 is 5.32 Å². The van der Waals surface area contributed by atoms with Gasteiger partial charge in [-0.25, -0.2) is 0 Å². The number of fused-ring (bicyclic) bond motifs is 1. The van der Waals surface area contributed by atoms with Gasteiger partial charge in [0.05, 0.1) is 16.1 Å². The second-order valence-electron chi connectivity index (χ2n) is 4.10. The van der Waals surface area contributed by atoms with Gasteiger partial charge in [0.15, 0.2) is 0 Å². The number of nitrogens with zero attached hydrogens (tertiary/aromatic N) is 2. The topological polar surface area (TPSA) is 92.6 Å². The van der Waals surface area contributed by atoms with Gasteiger partial charge in [0.1, 0.15) is 0 Å². The quantitative estimate of drug-likeness (QED) is 0.367. The van der Waals surface area contributed by atoms with Crippen molar-refractivity contribution in [2.24, 2.45) is 0 Å². The SMILES string of the molecule is CCNCCN1C(=O)c2ccc([N+](=O)[O-])cc2C1=O. The monoisotopic (exact) mass is 263 g/mol. The highest BCUT2D eigenvalue weighted by atomic mass is 16.6. The Morgan fingerprint density at radius 1 is 1.26 bits per heavy atom. The van der Waals surface area contributed by atoms with E-state index in [-0.39, 0.29) is 23.4 Å². The molecule has 0 aromatic heterocycles. The molecule has 7 nitrogen and oxygen atoms in total. The van der Waals surface area contributed by atoms with E-state index in [1.807, 2.05) is 6.92 Å². The zero-order chi connectivity index (χ0) is 14.0. The van der Waals surface area contributed by atoms with E-state index < -0.39 is 16.7 Å². The van der Waals surface area contributed by atoms with Crippen LogP contribution in [0.15, 0.2) is 18.2 Å². The average Bonchev–Trinajstić information content (AvgIpc) is 2.63. The molecule has 0 bridgehead atoms. The van der Waals surface area contributed by atoms with Gasteiger partial charge in [-0.15, -0.1) is 0 Å². The smallest absolute Gasteiger partial charge is 0.270 e. The van der Waals surface area contributed by atoms with Crippen molar-refractivity contribution >= 4 is 17.5 Å². The number of hydrogen-bond donors (Lipinski definition) is 1. The molecule has 19 heavy (non-hydrogen) atoms. The highest BCUT2D eigenvalue weighted by Crippen LogP contribution is 2.26. The van der Waals surface area contributed by atoms with Crippen LogP contribution in [0, 0.1) is 10.1 Å². The van der Waals surface area contributed by atoms with E-state index in [0.717, 1.165) is 17.5 Å². The summed E-state index contributed by atoms with van der Waals surface area (Å²) in [6.07, 6.45) is 0. The van der Waals surface area contributed by atoms with E-state index >= 15 is 0 Å². The standard InChI is InChI=1S/C12H13N3O4/c1-2-13-5-6-14-11(16)9-4-3-8(15(18)19)7-10(9)12(14)17/h3-4,7,13H,2,5-6H2,1H3. The van der Waals surface area contributed by atoms with Crippen LogP contribution in [0.1, 0.15) is 27.6 Å². The number of benzene rings is 1. The van der Waals surface area contributed by atoms with Crippen molar-refractivity contribution in [1.82, 2.24) is 10.2 Å². The Labute approximate surface area is 109 Å². The van der Waals surface area contributed by atoms with Gasteiger partial charge in [-0.05, 0) is 12.6 Å². The fraction of sp³-hybridized carbons (Fsp3) is 0.333. The fourth-order valence-electron chi connectivity index (χ4n) is 1.96. The lowest BCUT2D eigenvalue weighted by atomic mass is 10.1. The molecule has 1 heterocycles. The van der Waals surface area contributed by atoms with Crippen LogP contribution < -0.4 is 5.32 Å². The Morgan fingerprint density at radius 3 is 2.58 bits per heavy atom. The largest absolute Gasteiger partial charge is 0.315 e. The molecule has 1 aliphatic rings. The number of hydrogen-bond acceptors (Lipinski definition) is 5. The molecule has 1 N–H and O–H groups in total. The van der Waals surface area contributed by atoms with Crippen LogP contribution in [0.4, 0.5) is 5.69 Å². The molecule has 0 atom stereocenters. The van der Waals surface area contributed by atoms with Gasteiger partial charge in [0, 0.05) is 25.2 Å². The Hall–Kier alpha value is -2.28. The van der Waals surface area contributed by atoms with E-state index in [2.05, 4.69) is 5.32 Å². The predicted molar refractivity (Wildman–Crippen MR) is 67.0 cm³/mol. The summed E-state index contributed by atoms with van der Waals surface area (Å²) < 4.78 is 0. The molecule has 0 aliphatic carbocycles. The zero-order valence-corrected chi connectivity index (χ0v) is 10.4. The number of carbonyl (C=O) groups excluding carboxylic acids is 2. The van der Waals surface area contributed by atoms with Crippen LogP contribution >= 0.6 is 0 Å². The van der Waals surface area contributed by atoms with Gasteiger partial charge in [0.2, 0.25) is 0 Å². The minimum absolute atomic E-state index is 0.107. The van der Waals surface area contributed by atoms with Gasteiger partial charge in [-0.2, -0.15) is 0 Å². The summed E-state index contributed by atoms with van der Waals surface area (Å²) in [6, 6.07) is 3.72. The first-order valence-corrected chi connectivity index (χ1v) is 5.91. The average molecular weight is 263 g/mol. The normalized spacial score (nSPS) is 13.8. The van der Waals surface area contributed by atoms with Crippen molar-refractivity contribution in [3.63, 3.8) is 0 Å². The fourth-order valence-corrected chi connectivity index (χ4v) is 1.96. The number of imide groups is 1. The van der Waals surface area contributed by atoms with Gasteiger partial charge in [-0.1, -0.05) is 6.92 Å². The molecule has 0 fully saturated rings. The molecule has 1 aliphatic heterocycles.